The molecule has 2 aliphatic heterocycles. The molecule has 176 valence electrons. The van der Waals surface area contributed by atoms with Crippen LogP contribution in [0.2, 0.25) is 0 Å². The average molecular weight is 461 g/mol. The van der Waals surface area contributed by atoms with Crippen molar-refractivity contribution in [2.24, 2.45) is 0 Å². The molecule has 2 heterocycles. The maximum absolute atomic E-state index is 12.5. The summed E-state index contributed by atoms with van der Waals surface area (Å²) in [7, 11) is 0. The Morgan fingerprint density at radius 2 is 2.18 bits per heavy atom. The number of carbonyl (C=O) groups is 3. The molecule has 1 fully saturated rings. The highest BCUT2D eigenvalue weighted by atomic mass is 16.6. The van der Waals surface area contributed by atoms with Gasteiger partial charge in [-0.3, -0.25) is 10.1 Å². The minimum atomic E-state index is -0.917. The second-order valence-electron chi connectivity index (χ2n) is 7.68. The van der Waals surface area contributed by atoms with E-state index in [1.54, 1.807) is 12.1 Å². The summed E-state index contributed by atoms with van der Waals surface area (Å²) in [5.41, 5.74) is 1.25. The van der Waals surface area contributed by atoms with Gasteiger partial charge >= 0.3 is 18.0 Å². The Bertz CT molecular complexity index is 1060. The van der Waals surface area contributed by atoms with Crippen LogP contribution in [0.25, 0.3) is 0 Å². The predicted molar refractivity (Wildman–Crippen MR) is 113 cm³/mol. The lowest BCUT2D eigenvalue weighted by Crippen LogP contribution is -2.43. The first-order valence-electron chi connectivity index (χ1n) is 10.3. The van der Waals surface area contributed by atoms with Crippen molar-refractivity contribution in [1.29, 1.82) is 0 Å². The Morgan fingerprint density at radius 3 is 2.82 bits per heavy atom. The highest BCUT2D eigenvalue weighted by Crippen LogP contribution is 2.29. The number of alkyl carbamates (subject to hydrolysis) is 1. The number of benzene rings is 1. The fraction of sp³-hybridized carbons (Fsp3) is 0.429. The monoisotopic (exact) mass is 461 g/mol. The Labute approximate surface area is 189 Å². The summed E-state index contributed by atoms with van der Waals surface area (Å²) >= 11 is 0. The van der Waals surface area contributed by atoms with E-state index in [-0.39, 0.29) is 29.1 Å². The fourth-order valence-electron chi connectivity index (χ4n) is 3.57. The molecule has 0 bridgehead atoms. The summed E-state index contributed by atoms with van der Waals surface area (Å²) in [6.45, 7) is 4.50. The zero-order valence-electron chi connectivity index (χ0n) is 18.4. The van der Waals surface area contributed by atoms with Crippen LogP contribution in [0, 0.1) is 10.1 Å². The van der Waals surface area contributed by atoms with Crippen molar-refractivity contribution in [2.45, 2.75) is 51.9 Å². The summed E-state index contributed by atoms with van der Waals surface area (Å²) in [6, 6.07) is 3.21. The van der Waals surface area contributed by atoms with E-state index in [0.29, 0.717) is 6.42 Å². The molecule has 12 nitrogen and oxygen atoms in total. The Kier molecular flexibility index (Phi) is 7.07. The van der Waals surface area contributed by atoms with E-state index in [0.717, 1.165) is 10.1 Å². The highest BCUT2D eigenvalue weighted by Gasteiger charge is 2.41. The van der Waals surface area contributed by atoms with Crippen molar-refractivity contribution in [2.75, 3.05) is 6.61 Å². The van der Waals surface area contributed by atoms with Crippen molar-refractivity contribution < 1.29 is 38.5 Å². The molecule has 0 aliphatic carbocycles. The fourth-order valence-corrected chi connectivity index (χ4v) is 3.57. The molecule has 12 heteroatoms. The number of aliphatic hydroxyl groups excluding tert-OH is 1. The van der Waals surface area contributed by atoms with Gasteiger partial charge in [0.2, 0.25) is 0 Å². The van der Waals surface area contributed by atoms with Crippen LogP contribution in [-0.4, -0.2) is 57.3 Å². The van der Waals surface area contributed by atoms with Crippen LogP contribution >= 0.6 is 0 Å². The molecular weight excluding hydrogens is 436 g/mol. The molecule has 33 heavy (non-hydrogen) atoms. The minimum absolute atomic E-state index is 0.0472. The second-order valence-corrected chi connectivity index (χ2v) is 7.68. The van der Waals surface area contributed by atoms with Crippen LogP contribution < -0.4 is 10.6 Å². The second kappa shape index (κ2) is 9.77. The first kappa shape index (κ1) is 23.9. The number of ether oxygens (including phenoxy) is 2. The third-order valence-electron chi connectivity index (χ3n) is 5.42. The number of aliphatic hydroxyl groups is 1. The highest BCUT2D eigenvalue weighted by molar-refractivity contribution is 6.04. The number of nitrogens with zero attached hydrogens (tertiary/aromatic N) is 2. The van der Waals surface area contributed by atoms with Crippen LogP contribution in [0.1, 0.15) is 44.4 Å². The zero-order chi connectivity index (χ0) is 24.3. The average Bonchev–Trinajstić information content (AvgIpc) is 3.17. The predicted octanol–water partition coefficient (Wildman–Crippen LogP) is 1.66. The molecule has 3 atom stereocenters. The van der Waals surface area contributed by atoms with E-state index in [4.69, 9.17) is 9.47 Å². The number of carbonyl (C=O) groups excluding carboxylic acids is 3. The molecule has 0 saturated carbocycles. The van der Waals surface area contributed by atoms with Gasteiger partial charge in [0.15, 0.2) is 0 Å². The van der Waals surface area contributed by atoms with Gasteiger partial charge in [0.1, 0.15) is 18.4 Å². The molecular formula is C21H25N4O8+. The first-order chi connectivity index (χ1) is 15.6. The van der Waals surface area contributed by atoms with Crippen molar-refractivity contribution in [1.82, 2.24) is 10.6 Å². The smallest absolute Gasteiger partial charge is 0.457 e. The number of nitro groups is 1. The van der Waals surface area contributed by atoms with Crippen molar-refractivity contribution in [3.8, 4) is 0 Å². The van der Waals surface area contributed by atoms with Gasteiger partial charge in [-0.15, -0.1) is 4.58 Å². The van der Waals surface area contributed by atoms with Gasteiger partial charge in [0.05, 0.1) is 35.1 Å². The van der Waals surface area contributed by atoms with E-state index < -0.39 is 47.8 Å². The van der Waals surface area contributed by atoms with Crippen LogP contribution in [0.3, 0.4) is 0 Å². The molecule has 1 unspecified atom stereocenters. The zero-order valence-corrected chi connectivity index (χ0v) is 18.4. The minimum Gasteiger partial charge on any atom is -0.457 e. The molecule has 0 spiro atoms. The quantitative estimate of drug-likeness (QED) is 0.327. The topological polar surface area (TPSA) is 160 Å². The molecule has 2 aliphatic rings. The van der Waals surface area contributed by atoms with Crippen molar-refractivity contribution in [3.05, 3.63) is 51.2 Å². The van der Waals surface area contributed by atoms with Crippen LogP contribution in [0.15, 0.2) is 30.0 Å². The van der Waals surface area contributed by atoms with Gasteiger partial charge in [0, 0.05) is 6.07 Å². The summed E-state index contributed by atoms with van der Waals surface area (Å²) in [5.74, 6) is -0.384. The Hall–Kier alpha value is -3.80. The molecule has 1 aromatic carbocycles. The molecule has 3 rings (SSSR count). The van der Waals surface area contributed by atoms with Gasteiger partial charge in [-0.05, 0) is 31.9 Å². The number of nitrogens with one attached hydrogen (secondary N) is 2. The number of imide groups is 1. The van der Waals surface area contributed by atoms with Crippen LogP contribution in [0.4, 0.5) is 15.3 Å². The van der Waals surface area contributed by atoms with Crippen LogP contribution in [-0.2, 0) is 20.7 Å². The van der Waals surface area contributed by atoms with E-state index in [9.17, 15) is 29.6 Å². The van der Waals surface area contributed by atoms with E-state index in [2.05, 4.69) is 10.6 Å². The number of nitro benzene ring substituents is 1. The lowest BCUT2D eigenvalue weighted by Gasteiger charge is -2.19. The summed E-state index contributed by atoms with van der Waals surface area (Å²) in [4.78, 5) is 47.1. The van der Waals surface area contributed by atoms with Gasteiger partial charge in [0.25, 0.3) is 11.6 Å². The van der Waals surface area contributed by atoms with Gasteiger partial charge in [-0.2, -0.15) is 10.1 Å². The maximum Gasteiger partial charge on any atom is 0.506 e. The maximum atomic E-state index is 12.5. The third-order valence-corrected chi connectivity index (χ3v) is 5.42. The molecule has 0 radical (unpaired) electrons. The number of rotatable bonds is 6. The van der Waals surface area contributed by atoms with Gasteiger partial charge in [-0.1, -0.05) is 13.0 Å². The Balaban J connectivity index is 1.74. The van der Waals surface area contributed by atoms with Gasteiger partial charge < -0.3 is 19.9 Å². The molecule has 0 aromatic heterocycles. The number of hydrogen-bond donors (Lipinski definition) is 3. The number of amides is 4. The van der Waals surface area contributed by atoms with E-state index >= 15 is 0 Å². The molecule has 1 saturated heterocycles. The van der Waals surface area contributed by atoms with Crippen molar-refractivity contribution >= 4 is 29.6 Å². The Morgan fingerprint density at radius 1 is 1.45 bits per heavy atom. The van der Waals surface area contributed by atoms with E-state index in [1.807, 2.05) is 6.92 Å². The third kappa shape index (κ3) is 5.17. The number of hydrogen-bond acceptors (Lipinski definition) is 8. The van der Waals surface area contributed by atoms with E-state index in [1.165, 1.54) is 26.1 Å². The number of aryl methyl sites for hydroxylation is 1. The first-order valence-corrected chi connectivity index (χ1v) is 10.3. The van der Waals surface area contributed by atoms with Crippen LogP contribution in [0.5, 0.6) is 0 Å². The largest absolute Gasteiger partial charge is 0.506 e. The number of urea groups is 1. The summed E-state index contributed by atoms with van der Waals surface area (Å²) in [5, 5.41) is 25.8. The summed E-state index contributed by atoms with van der Waals surface area (Å²) < 4.78 is 12.1. The summed E-state index contributed by atoms with van der Waals surface area (Å²) in [6.07, 6.45) is -0.625. The molecule has 1 aromatic rings. The lowest BCUT2D eigenvalue weighted by molar-refractivity contribution is -0.386. The molecule has 3 N–H and O–H groups in total. The normalized spacial score (nSPS) is 23.3. The SMILES string of the molecule is CCc1ccc([N+](=O)[O-])c(C(C)OC(=O)N[C@@H]2C/C(=[N+]3\C=C(C)C(=O)NC3=O)O[C@@H]2CO)c1. The van der Waals surface area contributed by atoms with Crippen molar-refractivity contribution in [3.63, 3.8) is 0 Å². The standard InChI is InChI=1S/C21H24N4O8/c1-4-13-5-6-16(25(30)31)14(7-13)12(3)32-21(29)22-15-8-18(33-17(15)10-26)24-9-11(2)19(27)23-20(24)28/h5-7,9,12,15,17,26H,4,8,10H2,1-3H3,(H-,22,23,27,28,29)/p+1/b24-18-/t12?,15-,17-/m1/s1. The van der Waals surface area contributed by atoms with Gasteiger partial charge in [-0.25, -0.2) is 9.59 Å². The lowest BCUT2D eigenvalue weighted by atomic mass is 10.0. The molecule has 4 amide bonds.